The minimum atomic E-state index is -3.62. The van der Waals surface area contributed by atoms with Crippen LogP contribution in [-0.4, -0.2) is 34.2 Å². The van der Waals surface area contributed by atoms with Crippen LogP contribution in [0.1, 0.15) is 31.9 Å². The predicted octanol–water partition coefficient (Wildman–Crippen LogP) is 1.23. The molecule has 2 atom stereocenters. The molecule has 0 bridgehead atoms. The quantitative estimate of drug-likeness (QED) is 0.792. The van der Waals surface area contributed by atoms with E-state index in [-0.39, 0.29) is 17.2 Å². The third kappa shape index (κ3) is 3.60. The van der Waals surface area contributed by atoms with E-state index >= 15 is 0 Å². The lowest BCUT2D eigenvalue weighted by molar-refractivity contribution is 0.0915. The van der Waals surface area contributed by atoms with E-state index in [1.54, 1.807) is 13.2 Å². The van der Waals surface area contributed by atoms with Crippen molar-refractivity contribution in [3.63, 3.8) is 0 Å². The van der Waals surface area contributed by atoms with Crippen molar-refractivity contribution in [2.24, 2.45) is 0 Å². The summed E-state index contributed by atoms with van der Waals surface area (Å²) in [5.74, 6) is 0.613. The smallest absolute Gasteiger partial charge is 0.274 e. The first-order valence-electron chi connectivity index (χ1n) is 6.91. The lowest BCUT2D eigenvalue weighted by Crippen LogP contribution is -2.40. The van der Waals surface area contributed by atoms with Crippen LogP contribution in [0.5, 0.6) is 0 Å². The minimum Gasteiger partial charge on any atom is -0.447 e. The average Bonchev–Trinajstić information content (AvgIpc) is 3.04. The average molecular weight is 302 g/mol. The Morgan fingerprint density at radius 1 is 1.40 bits per heavy atom. The van der Waals surface area contributed by atoms with E-state index in [1.807, 2.05) is 6.92 Å². The van der Waals surface area contributed by atoms with Crippen molar-refractivity contribution in [1.82, 2.24) is 10.0 Å². The van der Waals surface area contributed by atoms with Crippen molar-refractivity contribution < 1.29 is 17.6 Å². The Kier molecular flexibility index (Phi) is 5.20. The summed E-state index contributed by atoms with van der Waals surface area (Å²) in [6.07, 6.45) is 2.59. The first-order chi connectivity index (χ1) is 9.56. The van der Waals surface area contributed by atoms with Crippen LogP contribution < -0.4 is 10.0 Å². The van der Waals surface area contributed by atoms with E-state index in [4.69, 9.17) is 9.15 Å². The fourth-order valence-corrected chi connectivity index (χ4v) is 3.69. The molecular formula is C13H22N2O4S. The standard InChI is InChI=1S/C13H22N2O4S/c1-3-14-9-10-7-8-13(19-10)20(16,17)15-11-5-4-6-12(11)18-2/h7-8,11-12,14-15H,3-6,9H2,1-2H3. The zero-order chi connectivity index (χ0) is 14.6. The molecule has 1 saturated carbocycles. The zero-order valence-electron chi connectivity index (χ0n) is 11.9. The fraction of sp³-hybridized carbons (Fsp3) is 0.692. The van der Waals surface area contributed by atoms with Gasteiger partial charge in [0.05, 0.1) is 12.6 Å². The first-order valence-corrected chi connectivity index (χ1v) is 8.39. The number of ether oxygens (including phenoxy) is 1. The monoisotopic (exact) mass is 302 g/mol. The van der Waals surface area contributed by atoms with E-state index in [2.05, 4.69) is 10.0 Å². The summed E-state index contributed by atoms with van der Waals surface area (Å²) in [5.41, 5.74) is 0. The highest BCUT2D eigenvalue weighted by Gasteiger charge is 2.32. The van der Waals surface area contributed by atoms with E-state index < -0.39 is 10.0 Å². The second-order valence-electron chi connectivity index (χ2n) is 4.93. The lowest BCUT2D eigenvalue weighted by atomic mass is 10.2. The molecule has 1 fully saturated rings. The van der Waals surface area contributed by atoms with E-state index in [1.165, 1.54) is 6.07 Å². The van der Waals surface area contributed by atoms with Gasteiger partial charge in [-0.05, 0) is 37.9 Å². The molecule has 2 unspecified atom stereocenters. The predicted molar refractivity (Wildman–Crippen MR) is 74.8 cm³/mol. The third-order valence-corrected chi connectivity index (χ3v) is 4.88. The summed E-state index contributed by atoms with van der Waals surface area (Å²) in [5, 5.41) is 3.05. The molecule has 7 heteroatoms. The van der Waals surface area contributed by atoms with Crippen molar-refractivity contribution in [2.75, 3.05) is 13.7 Å². The van der Waals surface area contributed by atoms with Crippen molar-refractivity contribution >= 4 is 10.0 Å². The Hall–Kier alpha value is -0.890. The normalized spacial score (nSPS) is 23.3. The Bertz CT molecular complexity index is 526. The molecule has 2 N–H and O–H groups in total. The van der Waals surface area contributed by atoms with Gasteiger partial charge >= 0.3 is 0 Å². The van der Waals surface area contributed by atoms with Gasteiger partial charge in [0.1, 0.15) is 5.76 Å². The molecule has 1 aliphatic rings. The summed E-state index contributed by atoms with van der Waals surface area (Å²) in [6, 6.07) is 3.00. The third-order valence-electron chi connectivity index (χ3n) is 3.51. The van der Waals surface area contributed by atoms with Crippen LogP contribution in [0.15, 0.2) is 21.6 Å². The molecule has 2 rings (SSSR count). The SMILES string of the molecule is CCNCc1ccc(S(=O)(=O)NC2CCCC2OC)o1. The van der Waals surface area contributed by atoms with Gasteiger partial charge in [-0.1, -0.05) is 6.92 Å². The number of furan rings is 1. The highest BCUT2D eigenvalue weighted by atomic mass is 32.2. The first kappa shape index (κ1) is 15.5. The summed E-state index contributed by atoms with van der Waals surface area (Å²) >= 11 is 0. The van der Waals surface area contributed by atoms with E-state index in [9.17, 15) is 8.42 Å². The number of hydrogen-bond donors (Lipinski definition) is 2. The molecule has 1 heterocycles. The van der Waals surface area contributed by atoms with Crippen molar-refractivity contribution in [3.8, 4) is 0 Å². The maximum Gasteiger partial charge on any atom is 0.274 e. The minimum absolute atomic E-state index is 0.0350. The molecule has 0 aliphatic heterocycles. The topological polar surface area (TPSA) is 80.6 Å². The molecule has 1 aliphatic carbocycles. The molecule has 114 valence electrons. The number of rotatable bonds is 7. The highest BCUT2D eigenvalue weighted by molar-refractivity contribution is 7.89. The van der Waals surface area contributed by atoms with Gasteiger partial charge in [-0.15, -0.1) is 0 Å². The molecule has 1 aromatic heterocycles. The highest BCUT2D eigenvalue weighted by Crippen LogP contribution is 2.24. The molecular weight excluding hydrogens is 280 g/mol. The van der Waals surface area contributed by atoms with Crippen LogP contribution >= 0.6 is 0 Å². The molecule has 0 aromatic carbocycles. The Morgan fingerprint density at radius 2 is 2.20 bits per heavy atom. The second kappa shape index (κ2) is 6.71. The molecule has 0 saturated heterocycles. The molecule has 1 aromatic rings. The van der Waals surface area contributed by atoms with Crippen molar-refractivity contribution in [2.45, 2.75) is 50.0 Å². The number of methoxy groups -OCH3 is 1. The van der Waals surface area contributed by atoms with Crippen molar-refractivity contribution in [1.29, 1.82) is 0 Å². The lowest BCUT2D eigenvalue weighted by Gasteiger charge is -2.18. The number of hydrogen-bond acceptors (Lipinski definition) is 5. The summed E-state index contributed by atoms with van der Waals surface area (Å²) in [7, 11) is -2.01. The maximum absolute atomic E-state index is 12.3. The van der Waals surface area contributed by atoms with E-state index in [0.29, 0.717) is 12.3 Å². The second-order valence-corrected chi connectivity index (χ2v) is 6.58. The summed E-state index contributed by atoms with van der Waals surface area (Å²) < 4.78 is 37.9. The number of sulfonamides is 1. The van der Waals surface area contributed by atoms with Crippen LogP contribution in [-0.2, 0) is 21.3 Å². The Balaban J connectivity index is 2.04. The van der Waals surface area contributed by atoms with Gasteiger partial charge in [0.25, 0.3) is 10.0 Å². The zero-order valence-corrected chi connectivity index (χ0v) is 12.7. The van der Waals surface area contributed by atoms with Gasteiger partial charge < -0.3 is 14.5 Å². The van der Waals surface area contributed by atoms with Crippen LogP contribution in [0, 0.1) is 0 Å². The molecule has 0 spiro atoms. The van der Waals surface area contributed by atoms with Gasteiger partial charge in [-0.25, -0.2) is 13.1 Å². The summed E-state index contributed by atoms with van der Waals surface area (Å²) in [6.45, 7) is 3.31. The van der Waals surface area contributed by atoms with Gasteiger partial charge in [0, 0.05) is 13.2 Å². The molecule has 6 nitrogen and oxygen atoms in total. The van der Waals surface area contributed by atoms with Crippen LogP contribution in [0.3, 0.4) is 0 Å². The van der Waals surface area contributed by atoms with Gasteiger partial charge in [0.15, 0.2) is 0 Å². The largest absolute Gasteiger partial charge is 0.447 e. The molecule has 20 heavy (non-hydrogen) atoms. The van der Waals surface area contributed by atoms with Crippen LogP contribution in [0.2, 0.25) is 0 Å². The summed E-state index contributed by atoms with van der Waals surface area (Å²) in [4.78, 5) is 0. The number of nitrogens with one attached hydrogen (secondary N) is 2. The maximum atomic E-state index is 12.3. The Labute approximate surface area is 119 Å². The van der Waals surface area contributed by atoms with Crippen LogP contribution in [0.4, 0.5) is 0 Å². The van der Waals surface area contributed by atoms with Gasteiger partial charge in [-0.3, -0.25) is 0 Å². The fourth-order valence-electron chi connectivity index (χ4n) is 2.45. The van der Waals surface area contributed by atoms with E-state index in [0.717, 1.165) is 25.8 Å². The van der Waals surface area contributed by atoms with Crippen LogP contribution in [0.25, 0.3) is 0 Å². The Morgan fingerprint density at radius 3 is 2.90 bits per heavy atom. The van der Waals surface area contributed by atoms with Gasteiger partial charge in [0.2, 0.25) is 5.09 Å². The molecule has 0 radical (unpaired) electrons. The molecule has 0 amide bonds. The van der Waals surface area contributed by atoms with Crippen molar-refractivity contribution in [3.05, 3.63) is 17.9 Å². The van der Waals surface area contributed by atoms with Gasteiger partial charge in [-0.2, -0.15) is 0 Å².